The van der Waals surface area contributed by atoms with Crippen LogP contribution in [0.4, 0.5) is 5.69 Å². The van der Waals surface area contributed by atoms with Crippen molar-refractivity contribution < 1.29 is 4.79 Å². The number of thioether (sulfide) groups is 1. The second kappa shape index (κ2) is 7.06. The van der Waals surface area contributed by atoms with Crippen LogP contribution in [-0.2, 0) is 18.4 Å². The lowest BCUT2D eigenvalue weighted by Crippen LogP contribution is -2.12. The first-order chi connectivity index (χ1) is 9.70. The van der Waals surface area contributed by atoms with Crippen LogP contribution in [0.25, 0.3) is 0 Å². The minimum absolute atomic E-state index is 0.00934. The zero-order chi connectivity index (χ0) is 14.4. The normalized spacial score (nSPS) is 10.5. The molecule has 106 valence electrons. The summed E-state index contributed by atoms with van der Waals surface area (Å²) in [7, 11) is 1.87. The fraction of sp³-hybridized carbons (Fsp3) is 0.308. The molecule has 0 radical (unpaired) electrons. The molecule has 0 saturated carbocycles. The predicted molar refractivity (Wildman–Crippen MR) is 79.3 cm³/mol. The van der Waals surface area contributed by atoms with Gasteiger partial charge in [-0.05, 0) is 12.1 Å². The number of hydrogen-bond donors (Lipinski definition) is 2. The van der Waals surface area contributed by atoms with Crippen LogP contribution in [0.1, 0.15) is 12.2 Å². The quantitative estimate of drug-likeness (QED) is 0.786. The Morgan fingerprint density at radius 2 is 2.10 bits per heavy atom. The monoisotopic (exact) mass is 291 g/mol. The molecule has 6 nitrogen and oxygen atoms in total. The molecular formula is C13H17N5OS. The van der Waals surface area contributed by atoms with Gasteiger partial charge in [0.1, 0.15) is 5.82 Å². The smallest absolute Gasteiger partial charge is 0.225 e. The first kappa shape index (κ1) is 14.5. The Hall–Kier alpha value is -1.86. The van der Waals surface area contributed by atoms with E-state index in [1.54, 1.807) is 0 Å². The number of nitrogens with two attached hydrogens (primary N) is 1. The second-order valence-electron chi connectivity index (χ2n) is 4.17. The van der Waals surface area contributed by atoms with Crippen LogP contribution in [0.15, 0.2) is 35.5 Å². The molecule has 0 unspecified atom stereocenters. The Kier molecular flexibility index (Phi) is 5.14. The van der Waals surface area contributed by atoms with Crippen molar-refractivity contribution in [2.24, 2.45) is 12.8 Å². The zero-order valence-electron chi connectivity index (χ0n) is 11.2. The van der Waals surface area contributed by atoms with Gasteiger partial charge in [0, 0.05) is 24.9 Å². The first-order valence-electron chi connectivity index (χ1n) is 6.26. The third-order valence-electron chi connectivity index (χ3n) is 2.73. The van der Waals surface area contributed by atoms with Crippen molar-refractivity contribution in [3.63, 3.8) is 0 Å². The highest BCUT2D eigenvalue weighted by Gasteiger charge is 2.09. The standard InChI is InChI=1S/C13H17N5OS/c1-18-11(9-14)16-17-13(18)20-8-7-12(19)15-10-5-3-2-4-6-10/h2-6H,7-9,14H2,1H3,(H,15,19). The Morgan fingerprint density at radius 1 is 1.35 bits per heavy atom. The molecule has 1 heterocycles. The SMILES string of the molecule is Cn1c(CN)nnc1SCCC(=O)Nc1ccccc1. The summed E-state index contributed by atoms with van der Waals surface area (Å²) in [6.07, 6.45) is 0.421. The molecule has 1 aromatic heterocycles. The summed E-state index contributed by atoms with van der Waals surface area (Å²) in [6, 6.07) is 9.41. The lowest BCUT2D eigenvalue weighted by atomic mass is 10.3. The van der Waals surface area contributed by atoms with Gasteiger partial charge in [0.2, 0.25) is 5.91 Å². The molecule has 2 rings (SSSR count). The summed E-state index contributed by atoms with van der Waals surface area (Å²) >= 11 is 1.50. The third kappa shape index (κ3) is 3.82. The Morgan fingerprint density at radius 3 is 2.75 bits per heavy atom. The molecule has 1 amide bonds. The molecule has 0 aliphatic rings. The van der Waals surface area contributed by atoms with Gasteiger partial charge in [0.15, 0.2) is 5.16 Å². The molecule has 20 heavy (non-hydrogen) atoms. The summed E-state index contributed by atoms with van der Waals surface area (Å²) in [5.41, 5.74) is 6.34. The zero-order valence-corrected chi connectivity index (χ0v) is 12.1. The molecule has 0 aliphatic carbocycles. The predicted octanol–water partition coefficient (Wildman–Crippen LogP) is 1.39. The lowest BCUT2D eigenvalue weighted by molar-refractivity contribution is -0.115. The van der Waals surface area contributed by atoms with Crippen LogP contribution in [-0.4, -0.2) is 26.4 Å². The van der Waals surface area contributed by atoms with E-state index < -0.39 is 0 Å². The van der Waals surface area contributed by atoms with E-state index in [0.717, 1.165) is 16.7 Å². The van der Waals surface area contributed by atoms with Gasteiger partial charge in [-0.25, -0.2) is 0 Å². The molecule has 2 aromatic rings. The van der Waals surface area contributed by atoms with Crippen molar-refractivity contribution in [1.29, 1.82) is 0 Å². The third-order valence-corrected chi connectivity index (χ3v) is 3.75. The molecule has 0 bridgehead atoms. The molecule has 1 aromatic carbocycles. The van der Waals surface area contributed by atoms with Crippen LogP contribution >= 0.6 is 11.8 Å². The van der Waals surface area contributed by atoms with Crippen LogP contribution < -0.4 is 11.1 Å². The highest BCUT2D eigenvalue weighted by atomic mass is 32.2. The van der Waals surface area contributed by atoms with E-state index in [-0.39, 0.29) is 5.91 Å². The van der Waals surface area contributed by atoms with Gasteiger partial charge < -0.3 is 15.6 Å². The highest BCUT2D eigenvalue weighted by Crippen LogP contribution is 2.16. The van der Waals surface area contributed by atoms with E-state index in [1.807, 2.05) is 41.9 Å². The number of nitrogens with zero attached hydrogens (tertiary/aromatic N) is 3. The molecule has 7 heteroatoms. The Balaban J connectivity index is 1.78. The average molecular weight is 291 g/mol. The van der Waals surface area contributed by atoms with Crippen molar-refractivity contribution in [3.05, 3.63) is 36.2 Å². The van der Waals surface area contributed by atoms with E-state index in [4.69, 9.17) is 5.73 Å². The summed E-state index contributed by atoms with van der Waals surface area (Å²) < 4.78 is 1.85. The number of benzene rings is 1. The topological polar surface area (TPSA) is 85.8 Å². The van der Waals surface area contributed by atoms with Crippen LogP contribution in [0.3, 0.4) is 0 Å². The van der Waals surface area contributed by atoms with Gasteiger partial charge in [-0.2, -0.15) is 0 Å². The van der Waals surface area contributed by atoms with Crippen molar-refractivity contribution in [2.75, 3.05) is 11.1 Å². The number of hydrogen-bond acceptors (Lipinski definition) is 5. The Labute approximate surface area is 121 Å². The summed E-state index contributed by atoms with van der Waals surface area (Å²) in [5, 5.41) is 11.6. The van der Waals surface area contributed by atoms with E-state index in [1.165, 1.54) is 11.8 Å². The molecule has 0 aliphatic heterocycles. The van der Waals surface area contributed by atoms with Gasteiger partial charge >= 0.3 is 0 Å². The maximum absolute atomic E-state index is 11.8. The average Bonchev–Trinajstić information content (AvgIpc) is 2.81. The van der Waals surface area contributed by atoms with Crippen molar-refractivity contribution >= 4 is 23.4 Å². The molecule has 3 N–H and O–H groups in total. The number of para-hydroxylation sites is 1. The fourth-order valence-electron chi connectivity index (χ4n) is 1.63. The van der Waals surface area contributed by atoms with Crippen LogP contribution in [0.5, 0.6) is 0 Å². The van der Waals surface area contributed by atoms with Crippen molar-refractivity contribution in [3.8, 4) is 0 Å². The fourth-order valence-corrected chi connectivity index (χ4v) is 2.50. The number of anilines is 1. The van der Waals surface area contributed by atoms with Gasteiger partial charge in [-0.1, -0.05) is 30.0 Å². The molecule has 0 atom stereocenters. The Bertz CT molecular complexity index is 569. The number of carbonyl (C=O) groups excluding carboxylic acids is 1. The van der Waals surface area contributed by atoms with Crippen molar-refractivity contribution in [2.45, 2.75) is 18.1 Å². The molecule has 0 spiro atoms. The summed E-state index contributed by atoms with van der Waals surface area (Å²) in [5.74, 6) is 1.38. The maximum atomic E-state index is 11.8. The number of nitrogens with one attached hydrogen (secondary N) is 1. The van der Waals surface area contributed by atoms with Crippen LogP contribution in [0.2, 0.25) is 0 Å². The van der Waals surface area contributed by atoms with Gasteiger partial charge in [0.05, 0.1) is 6.54 Å². The molecule has 0 saturated heterocycles. The summed E-state index contributed by atoms with van der Waals surface area (Å²) in [6.45, 7) is 0.360. The first-order valence-corrected chi connectivity index (χ1v) is 7.25. The van der Waals surface area contributed by atoms with Crippen molar-refractivity contribution in [1.82, 2.24) is 14.8 Å². The minimum atomic E-state index is -0.00934. The van der Waals surface area contributed by atoms with Crippen LogP contribution in [0, 0.1) is 0 Å². The number of rotatable bonds is 6. The highest BCUT2D eigenvalue weighted by molar-refractivity contribution is 7.99. The summed E-state index contributed by atoms with van der Waals surface area (Å²) in [4.78, 5) is 11.8. The maximum Gasteiger partial charge on any atom is 0.225 e. The number of carbonyl (C=O) groups is 1. The molecule has 0 fully saturated rings. The van der Waals surface area contributed by atoms with E-state index in [9.17, 15) is 4.79 Å². The van der Waals surface area contributed by atoms with E-state index in [2.05, 4.69) is 15.5 Å². The largest absolute Gasteiger partial charge is 0.326 e. The minimum Gasteiger partial charge on any atom is -0.326 e. The second-order valence-corrected chi connectivity index (χ2v) is 5.24. The van der Waals surface area contributed by atoms with Gasteiger partial charge in [-0.15, -0.1) is 10.2 Å². The lowest BCUT2D eigenvalue weighted by Gasteiger charge is -2.05. The number of amides is 1. The van der Waals surface area contributed by atoms with Gasteiger partial charge in [-0.3, -0.25) is 4.79 Å². The van der Waals surface area contributed by atoms with Gasteiger partial charge in [0.25, 0.3) is 0 Å². The van der Waals surface area contributed by atoms with E-state index >= 15 is 0 Å². The number of aromatic nitrogens is 3. The van der Waals surface area contributed by atoms with E-state index in [0.29, 0.717) is 18.7 Å². The molecular weight excluding hydrogens is 274 g/mol.